The summed E-state index contributed by atoms with van der Waals surface area (Å²) in [4.78, 5) is 0. The van der Waals surface area contributed by atoms with Crippen molar-refractivity contribution < 1.29 is 23.7 Å². The first-order chi connectivity index (χ1) is 25.3. The molecule has 0 heterocycles. The molecular weight excluding hydrogens is 633 g/mol. The standard InChI is InChI=1S/C46H50O5/c1-2-3-4-20-31-43(48-33-39-23-12-6-13-24-39)45(50-35-41-27-16-8-17-28-41)46(51-36-42-29-18-9-19-30-42)44(49-34-40-25-14-7-15-26-40)37-47-32-38-21-10-5-11-22-38/h5-19,21-30,43-46H,2-4,32-37H2,1H3/t43-,44+,45-,46+/m0/s1. The summed E-state index contributed by atoms with van der Waals surface area (Å²) in [6, 6.07) is 50.9. The van der Waals surface area contributed by atoms with E-state index in [-0.39, 0.29) is 6.61 Å². The predicted octanol–water partition coefficient (Wildman–Crippen LogP) is 9.74. The Balaban J connectivity index is 1.51. The molecule has 5 heteroatoms. The molecule has 0 spiro atoms. The van der Waals surface area contributed by atoms with Crippen LogP contribution in [0.15, 0.2) is 152 Å². The Morgan fingerprint density at radius 1 is 0.451 bits per heavy atom. The van der Waals surface area contributed by atoms with Crippen molar-refractivity contribution in [1.82, 2.24) is 0 Å². The Kier molecular flexibility index (Phi) is 16.5. The molecule has 0 fully saturated rings. The van der Waals surface area contributed by atoms with Crippen LogP contribution in [0.3, 0.4) is 0 Å². The van der Waals surface area contributed by atoms with E-state index in [4.69, 9.17) is 23.7 Å². The number of hydrogen-bond acceptors (Lipinski definition) is 5. The Morgan fingerprint density at radius 2 is 0.843 bits per heavy atom. The van der Waals surface area contributed by atoms with E-state index >= 15 is 0 Å². The highest BCUT2D eigenvalue weighted by Crippen LogP contribution is 2.24. The van der Waals surface area contributed by atoms with Crippen molar-refractivity contribution in [2.75, 3.05) is 6.61 Å². The van der Waals surface area contributed by atoms with Gasteiger partial charge in [-0.3, -0.25) is 0 Å². The highest BCUT2D eigenvalue weighted by molar-refractivity contribution is 5.18. The molecule has 0 saturated heterocycles. The number of hydrogen-bond donors (Lipinski definition) is 0. The second-order valence-corrected chi connectivity index (χ2v) is 12.5. The minimum absolute atomic E-state index is 0.279. The number of benzene rings is 5. The smallest absolute Gasteiger partial charge is 0.147 e. The van der Waals surface area contributed by atoms with Crippen molar-refractivity contribution in [3.63, 3.8) is 0 Å². The van der Waals surface area contributed by atoms with E-state index in [1.165, 1.54) is 0 Å². The molecule has 0 unspecified atom stereocenters. The Bertz CT molecular complexity index is 1670. The van der Waals surface area contributed by atoms with Crippen molar-refractivity contribution in [3.8, 4) is 11.8 Å². The molecule has 0 radical (unpaired) electrons. The predicted molar refractivity (Wildman–Crippen MR) is 203 cm³/mol. The number of unbranched alkanes of at least 4 members (excludes halogenated alkanes) is 2. The zero-order valence-corrected chi connectivity index (χ0v) is 29.6. The lowest BCUT2D eigenvalue weighted by atomic mass is 10.0. The Labute approximate surface area is 304 Å². The molecule has 51 heavy (non-hydrogen) atoms. The van der Waals surface area contributed by atoms with Gasteiger partial charge in [-0.05, 0) is 34.2 Å². The lowest BCUT2D eigenvalue weighted by molar-refractivity contribution is -0.191. The molecular formula is C46H50O5. The van der Waals surface area contributed by atoms with Gasteiger partial charge in [-0.2, -0.15) is 0 Å². The fourth-order valence-corrected chi connectivity index (χ4v) is 5.60. The summed E-state index contributed by atoms with van der Waals surface area (Å²) in [5, 5.41) is 0. The quantitative estimate of drug-likeness (QED) is 0.0570. The summed E-state index contributed by atoms with van der Waals surface area (Å²) in [5.74, 6) is 6.89. The minimum atomic E-state index is -0.618. The first-order valence-corrected chi connectivity index (χ1v) is 18.0. The van der Waals surface area contributed by atoms with Crippen molar-refractivity contribution >= 4 is 0 Å². The van der Waals surface area contributed by atoms with Crippen LogP contribution in [0.2, 0.25) is 0 Å². The van der Waals surface area contributed by atoms with Gasteiger partial charge in [-0.25, -0.2) is 0 Å². The van der Waals surface area contributed by atoms with Crippen LogP contribution in [-0.2, 0) is 56.7 Å². The van der Waals surface area contributed by atoms with Gasteiger partial charge in [0.2, 0.25) is 0 Å². The van der Waals surface area contributed by atoms with Crippen molar-refractivity contribution in [2.45, 2.75) is 83.6 Å². The van der Waals surface area contributed by atoms with Crippen molar-refractivity contribution in [1.29, 1.82) is 0 Å². The second kappa shape index (κ2) is 22.3. The number of rotatable bonds is 21. The third-order valence-electron chi connectivity index (χ3n) is 8.43. The van der Waals surface area contributed by atoms with Gasteiger partial charge < -0.3 is 23.7 Å². The maximum Gasteiger partial charge on any atom is 0.147 e. The zero-order valence-electron chi connectivity index (χ0n) is 29.6. The van der Waals surface area contributed by atoms with Crippen molar-refractivity contribution in [3.05, 3.63) is 179 Å². The summed E-state index contributed by atoms with van der Waals surface area (Å²) in [6.07, 6.45) is 0.508. The van der Waals surface area contributed by atoms with Crippen LogP contribution >= 0.6 is 0 Å². The molecule has 0 aliphatic heterocycles. The lowest BCUT2D eigenvalue weighted by Gasteiger charge is -2.36. The third kappa shape index (κ3) is 13.6. The maximum absolute atomic E-state index is 6.91. The lowest BCUT2D eigenvalue weighted by Crippen LogP contribution is -2.50. The molecule has 4 atom stereocenters. The van der Waals surface area contributed by atoms with Gasteiger partial charge in [0.05, 0.1) is 39.6 Å². The van der Waals surface area contributed by atoms with Crippen LogP contribution < -0.4 is 0 Å². The molecule has 5 aromatic carbocycles. The molecule has 0 amide bonds. The maximum atomic E-state index is 6.91. The monoisotopic (exact) mass is 682 g/mol. The number of ether oxygens (including phenoxy) is 5. The van der Waals surface area contributed by atoms with Crippen LogP contribution in [0.1, 0.15) is 54.0 Å². The molecule has 0 saturated carbocycles. The average molecular weight is 683 g/mol. The minimum Gasteiger partial charge on any atom is -0.374 e. The summed E-state index contributed by atoms with van der Waals surface area (Å²) in [7, 11) is 0. The van der Waals surface area contributed by atoms with E-state index in [2.05, 4.69) is 79.4 Å². The summed E-state index contributed by atoms with van der Waals surface area (Å²) in [6.45, 7) is 4.37. The zero-order chi connectivity index (χ0) is 35.2. The largest absolute Gasteiger partial charge is 0.374 e. The summed E-state index contributed by atoms with van der Waals surface area (Å²) in [5.41, 5.74) is 5.30. The highest BCUT2D eigenvalue weighted by atomic mass is 16.6. The van der Waals surface area contributed by atoms with Crippen LogP contribution in [-0.4, -0.2) is 31.0 Å². The molecule has 5 nitrogen and oxygen atoms in total. The van der Waals surface area contributed by atoms with Gasteiger partial charge in [-0.15, -0.1) is 5.92 Å². The van der Waals surface area contributed by atoms with Gasteiger partial charge in [0, 0.05) is 6.42 Å². The molecule has 264 valence electrons. The molecule has 5 rings (SSSR count). The normalized spacial score (nSPS) is 13.4. The van der Waals surface area contributed by atoms with E-state index in [0.29, 0.717) is 33.0 Å². The molecule has 0 aromatic heterocycles. The SMILES string of the molecule is CCCCC#C[C@H](OCc1ccccc1)[C@H](OCc1ccccc1)[C@H](OCc1ccccc1)[C@@H](COCc1ccccc1)OCc1ccccc1. The fraction of sp³-hybridized carbons (Fsp3) is 0.304. The van der Waals surface area contributed by atoms with Gasteiger partial charge in [0.25, 0.3) is 0 Å². The van der Waals surface area contributed by atoms with Gasteiger partial charge in [-0.1, -0.05) is 171 Å². The van der Waals surface area contributed by atoms with E-state index in [0.717, 1.165) is 47.1 Å². The molecule has 5 aromatic rings. The molecule has 0 N–H and O–H groups in total. The summed E-state index contributed by atoms with van der Waals surface area (Å²) >= 11 is 0. The van der Waals surface area contributed by atoms with E-state index in [9.17, 15) is 0 Å². The Hall–Kier alpha value is -4.54. The van der Waals surface area contributed by atoms with Crippen LogP contribution in [0.4, 0.5) is 0 Å². The van der Waals surface area contributed by atoms with E-state index in [1.807, 2.05) is 91.0 Å². The van der Waals surface area contributed by atoms with E-state index in [1.54, 1.807) is 0 Å². The van der Waals surface area contributed by atoms with Crippen molar-refractivity contribution in [2.24, 2.45) is 0 Å². The first-order valence-electron chi connectivity index (χ1n) is 18.0. The topological polar surface area (TPSA) is 46.2 Å². The van der Waals surface area contributed by atoms with Crippen LogP contribution in [0, 0.1) is 11.8 Å². The third-order valence-corrected chi connectivity index (χ3v) is 8.43. The second-order valence-electron chi connectivity index (χ2n) is 12.5. The van der Waals surface area contributed by atoms with Gasteiger partial charge >= 0.3 is 0 Å². The average Bonchev–Trinajstić information content (AvgIpc) is 3.19. The van der Waals surface area contributed by atoms with Crippen LogP contribution in [0.5, 0.6) is 0 Å². The molecule has 0 aliphatic rings. The molecule has 0 bridgehead atoms. The van der Waals surface area contributed by atoms with E-state index < -0.39 is 24.4 Å². The van der Waals surface area contributed by atoms with Gasteiger partial charge in [0.15, 0.2) is 0 Å². The van der Waals surface area contributed by atoms with Gasteiger partial charge in [0.1, 0.15) is 24.4 Å². The molecule has 0 aliphatic carbocycles. The Morgan fingerprint density at radius 3 is 1.29 bits per heavy atom. The first kappa shape index (κ1) is 37.7. The van der Waals surface area contributed by atoms with Crippen LogP contribution in [0.25, 0.3) is 0 Å². The highest BCUT2D eigenvalue weighted by Gasteiger charge is 2.38. The summed E-state index contributed by atoms with van der Waals surface area (Å²) < 4.78 is 33.7. The fourth-order valence-electron chi connectivity index (χ4n) is 5.60.